The number of carbonyl (C=O) groups is 1. The van der Waals surface area contributed by atoms with Crippen molar-refractivity contribution in [3.05, 3.63) is 29.3 Å². The van der Waals surface area contributed by atoms with E-state index in [1.54, 1.807) is 7.11 Å². The Bertz CT molecular complexity index is 347. The van der Waals surface area contributed by atoms with E-state index in [9.17, 15) is 4.79 Å². The number of carbonyl (C=O) groups excluding carboxylic acids is 1. The molecule has 0 aliphatic rings. The van der Waals surface area contributed by atoms with Crippen molar-refractivity contribution in [2.75, 3.05) is 13.7 Å². The van der Waals surface area contributed by atoms with E-state index in [1.807, 2.05) is 32.0 Å². The van der Waals surface area contributed by atoms with Gasteiger partial charge in [-0.05, 0) is 26.0 Å². The Kier molecular flexibility index (Phi) is 4.99. The lowest BCUT2D eigenvalue weighted by molar-refractivity contribution is 0.111. The molecule has 0 radical (unpaired) electrons. The number of benzene rings is 1. The molecular formula is C13H18O3. The largest absolute Gasteiger partial charge is 0.490 e. The molecule has 1 unspecified atom stereocenters. The predicted octanol–water partition coefficient (Wildman–Crippen LogP) is 2.61. The van der Waals surface area contributed by atoms with Crippen LogP contribution in [0.2, 0.25) is 0 Å². The molecule has 0 amide bonds. The van der Waals surface area contributed by atoms with Crippen LogP contribution in [0.15, 0.2) is 18.2 Å². The third-order valence-corrected chi connectivity index (χ3v) is 2.35. The summed E-state index contributed by atoms with van der Waals surface area (Å²) in [4.78, 5) is 10.9. The Balaban J connectivity index is 2.68. The monoisotopic (exact) mass is 222 g/mol. The minimum absolute atomic E-state index is 0.0429. The molecule has 88 valence electrons. The molecule has 1 rings (SSSR count). The molecule has 1 aromatic rings. The van der Waals surface area contributed by atoms with Crippen molar-refractivity contribution >= 4 is 6.29 Å². The van der Waals surface area contributed by atoms with E-state index in [4.69, 9.17) is 9.47 Å². The van der Waals surface area contributed by atoms with Crippen LogP contribution in [0.3, 0.4) is 0 Å². The van der Waals surface area contributed by atoms with Crippen LogP contribution in [0.25, 0.3) is 0 Å². The quantitative estimate of drug-likeness (QED) is 0.694. The molecule has 0 fully saturated rings. The highest BCUT2D eigenvalue weighted by Crippen LogP contribution is 2.20. The number of hydrogen-bond acceptors (Lipinski definition) is 3. The smallest absolute Gasteiger partial charge is 0.153 e. The highest BCUT2D eigenvalue weighted by atomic mass is 16.5. The van der Waals surface area contributed by atoms with E-state index in [0.717, 1.165) is 18.3 Å². The maximum Gasteiger partial charge on any atom is 0.153 e. The fourth-order valence-corrected chi connectivity index (χ4v) is 1.43. The van der Waals surface area contributed by atoms with Gasteiger partial charge in [0.25, 0.3) is 0 Å². The van der Waals surface area contributed by atoms with Crippen LogP contribution in [0, 0.1) is 6.92 Å². The zero-order chi connectivity index (χ0) is 12.0. The molecule has 1 aromatic carbocycles. The van der Waals surface area contributed by atoms with Gasteiger partial charge < -0.3 is 9.47 Å². The SMILES string of the molecule is COCCC(C)Oc1ccc(C)cc1C=O. The fourth-order valence-electron chi connectivity index (χ4n) is 1.43. The van der Waals surface area contributed by atoms with Crippen molar-refractivity contribution in [2.24, 2.45) is 0 Å². The molecule has 16 heavy (non-hydrogen) atoms. The van der Waals surface area contributed by atoms with Crippen LogP contribution in [-0.2, 0) is 4.74 Å². The van der Waals surface area contributed by atoms with E-state index >= 15 is 0 Å². The molecule has 0 N–H and O–H groups in total. The topological polar surface area (TPSA) is 35.5 Å². The number of aryl methyl sites for hydroxylation is 1. The van der Waals surface area contributed by atoms with Crippen molar-refractivity contribution in [2.45, 2.75) is 26.4 Å². The number of methoxy groups -OCH3 is 1. The van der Waals surface area contributed by atoms with Crippen molar-refractivity contribution < 1.29 is 14.3 Å². The van der Waals surface area contributed by atoms with Crippen LogP contribution in [-0.4, -0.2) is 26.1 Å². The Morgan fingerprint density at radius 1 is 1.44 bits per heavy atom. The molecule has 1 atom stereocenters. The number of ether oxygens (including phenoxy) is 2. The zero-order valence-electron chi connectivity index (χ0n) is 10.0. The van der Waals surface area contributed by atoms with E-state index < -0.39 is 0 Å². The lowest BCUT2D eigenvalue weighted by Crippen LogP contribution is -2.15. The molecule has 0 aliphatic carbocycles. The van der Waals surface area contributed by atoms with Gasteiger partial charge in [0.05, 0.1) is 11.7 Å². The van der Waals surface area contributed by atoms with Crippen LogP contribution >= 0.6 is 0 Å². The minimum atomic E-state index is 0.0429. The Labute approximate surface area is 96.4 Å². The van der Waals surface area contributed by atoms with E-state index in [2.05, 4.69) is 0 Å². The van der Waals surface area contributed by atoms with E-state index in [1.165, 1.54) is 0 Å². The number of aldehydes is 1. The first kappa shape index (κ1) is 12.7. The van der Waals surface area contributed by atoms with Gasteiger partial charge in [-0.25, -0.2) is 0 Å². The lowest BCUT2D eigenvalue weighted by atomic mass is 10.1. The second kappa shape index (κ2) is 6.28. The van der Waals surface area contributed by atoms with Crippen LogP contribution in [0.1, 0.15) is 29.3 Å². The molecule has 0 heterocycles. The first-order chi connectivity index (χ1) is 7.67. The molecule has 0 spiro atoms. The van der Waals surface area contributed by atoms with Gasteiger partial charge in [-0.3, -0.25) is 4.79 Å². The Hall–Kier alpha value is -1.35. The molecule has 3 heteroatoms. The summed E-state index contributed by atoms with van der Waals surface area (Å²) in [6.45, 7) is 4.57. The normalized spacial score (nSPS) is 12.2. The summed E-state index contributed by atoms with van der Waals surface area (Å²) < 4.78 is 10.7. The third kappa shape index (κ3) is 3.66. The van der Waals surface area contributed by atoms with E-state index in [-0.39, 0.29) is 6.10 Å². The minimum Gasteiger partial charge on any atom is -0.490 e. The number of rotatable bonds is 6. The summed E-state index contributed by atoms with van der Waals surface area (Å²) >= 11 is 0. The second-order valence-electron chi connectivity index (χ2n) is 3.87. The zero-order valence-corrected chi connectivity index (χ0v) is 10.0. The molecule has 0 aromatic heterocycles. The van der Waals surface area contributed by atoms with Crippen molar-refractivity contribution in [1.29, 1.82) is 0 Å². The van der Waals surface area contributed by atoms with Gasteiger partial charge >= 0.3 is 0 Å². The highest BCUT2D eigenvalue weighted by molar-refractivity contribution is 5.79. The summed E-state index contributed by atoms with van der Waals surface area (Å²) in [6.07, 6.45) is 1.68. The molecule has 3 nitrogen and oxygen atoms in total. The van der Waals surface area contributed by atoms with Crippen LogP contribution in [0.5, 0.6) is 5.75 Å². The van der Waals surface area contributed by atoms with Crippen molar-refractivity contribution in [1.82, 2.24) is 0 Å². The molecule has 0 bridgehead atoms. The highest BCUT2D eigenvalue weighted by Gasteiger charge is 2.08. The van der Waals surface area contributed by atoms with E-state index in [0.29, 0.717) is 17.9 Å². The third-order valence-electron chi connectivity index (χ3n) is 2.35. The Morgan fingerprint density at radius 2 is 2.19 bits per heavy atom. The first-order valence-corrected chi connectivity index (χ1v) is 5.38. The van der Waals surface area contributed by atoms with Gasteiger partial charge in [0.2, 0.25) is 0 Å². The lowest BCUT2D eigenvalue weighted by Gasteiger charge is -2.15. The second-order valence-corrected chi connectivity index (χ2v) is 3.87. The predicted molar refractivity (Wildman–Crippen MR) is 63.1 cm³/mol. The fraction of sp³-hybridized carbons (Fsp3) is 0.462. The van der Waals surface area contributed by atoms with Gasteiger partial charge in [0.15, 0.2) is 6.29 Å². The van der Waals surface area contributed by atoms with Crippen molar-refractivity contribution in [3.8, 4) is 5.75 Å². The van der Waals surface area contributed by atoms with Gasteiger partial charge in [-0.2, -0.15) is 0 Å². The summed E-state index contributed by atoms with van der Waals surface area (Å²) in [7, 11) is 1.66. The summed E-state index contributed by atoms with van der Waals surface area (Å²) in [5, 5.41) is 0. The Morgan fingerprint density at radius 3 is 2.81 bits per heavy atom. The van der Waals surface area contributed by atoms with Gasteiger partial charge in [0, 0.05) is 20.1 Å². The van der Waals surface area contributed by atoms with Crippen LogP contribution in [0.4, 0.5) is 0 Å². The molecular weight excluding hydrogens is 204 g/mol. The standard InChI is InChI=1S/C13H18O3/c1-10-4-5-13(12(8-10)9-14)16-11(2)6-7-15-3/h4-5,8-9,11H,6-7H2,1-3H3. The maximum atomic E-state index is 10.9. The van der Waals surface area contributed by atoms with Crippen LogP contribution < -0.4 is 4.74 Å². The average Bonchev–Trinajstić information content (AvgIpc) is 2.28. The first-order valence-electron chi connectivity index (χ1n) is 5.38. The summed E-state index contributed by atoms with van der Waals surface area (Å²) in [5.41, 5.74) is 1.66. The number of hydrogen-bond donors (Lipinski definition) is 0. The summed E-state index contributed by atoms with van der Waals surface area (Å²) in [5.74, 6) is 0.643. The molecule has 0 saturated heterocycles. The molecule has 0 saturated carbocycles. The molecule has 0 aliphatic heterocycles. The van der Waals surface area contributed by atoms with Gasteiger partial charge in [-0.1, -0.05) is 11.6 Å². The maximum absolute atomic E-state index is 10.9. The van der Waals surface area contributed by atoms with Gasteiger partial charge in [0.1, 0.15) is 5.75 Å². The van der Waals surface area contributed by atoms with Crippen molar-refractivity contribution in [3.63, 3.8) is 0 Å². The average molecular weight is 222 g/mol. The van der Waals surface area contributed by atoms with Gasteiger partial charge in [-0.15, -0.1) is 0 Å². The summed E-state index contributed by atoms with van der Waals surface area (Å²) in [6, 6.07) is 5.60.